The summed E-state index contributed by atoms with van der Waals surface area (Å²) in [5, 5.41) is 9.65. The van der Waals surface area contributed by atoms with Crippen molar-refractivity contribution in [1.29, 1.82) is 0 Å². The average Bonchev–Trinajstić information content (AvgIpc) is 2.36. The predicted molar refractivity (Wildman–Crippen MR) is 71.4 cm³/mol. The van der Waals surface area contributed by atoms with Crippen LogP contribution in [0.4, 0.5) is 0 Å². The lowest BCUT2D eigenvalue weighted by Gasteiger charge is -2.11. The Balaban J connectivity index is 2.55. The number of hydrogen-bond donors (Lipinski definition) is 1. The van der Waals surface area contributed by atoms with Crippen LogP contribution in [-0.2, 0) is 0 Å². The van der Waals surface area contributed by atoms with E-state index in [0.717, 1.165) is 28.2 Å². The lowest BCUT2D eigenvalue weighted by molar-refractivity contribution is 0.395. The first-order valence-electron chi connectivity index (χ1n) is 5.67. The van der Waals surface area contributed by atoms with E-state index < -0.39 is 0 Å². The van der Waals surface area contributed by atoms with Crippen LogP contribution in [0.5, 0.6) is 17.2 Å². The van der Waals surface area contributed by atoms with Crippen LogP contribution in [0.1, 0.15) is 5.56 Å². The number of aryl methyl sites for hydroxylation is 1. The minimum absolute atomic E-state index is 0.253. The zero-order valence-corrected chi connectivity index (χ0v) is 10.7. The Morgan fingerprint density at radius 2 is 1.72 bits per heavy atom. The maximum Gasteiger partial charge on any atom is 0.130 e. The number of phenols is 1. The molecule has 3 nitrogen and oxygen atoms in total. The average molecular weight is 244 g/mol. The van der Waals surface area contributed by atoms with Crippen LogP contribution in [0.3, 0.4) is 0 Å². The van der Waals surface area contributed by atoms with Crippen molar-refractivity contribution in [2.24, 2.45) is 0 Å². The Hall–Kier alpha value is -2.16. The molecular formula is C15H16O3. The monoisotopic (exact) mass is 244 g/mol. The van der Waals surface area contributed by atoms with Gasteiger partial charge in [-0.3, -0.25) is 0 Å². The van der Waals surface area contributed by atoms with Gasteiger partial charge in [-0.05, 0) is 42.3 Å². The Morgan fingerprint density at radius 1 is 0.944 bits per heavy atom. The van der Waals surface area contributed by atoms with E-state index in [1.54, 1.807) is 26.4 Å². The molecule has 0 spiro atoms. The molecule has 0 bridgehead atoms. The van der Waals surface area contributed by atoms with E-state index in [9.17, 15) is 5.11 Å². The van der Waals surface area contributed by atoms with Crippen molar-refractivity contribution in [2.75, 3.05) is 14.2 Å². The van der Waals surface area contributed by atoms with Crippen molar-refractivity contribution in [3.05, 3.63) is 42.0 Å². The largest absolute Gasteiger partial charge is 0.508 e. The molecule has 1 N–H and O–H groups in total. The number of benzene rings is 2. The molecule has 94 valence electrons. The molecule has 18 heavy (non-hydrogen) atoms. The molecule has 2 aromatic rings. The van der Waals surface area contributed by atoms with E-state index in [2.05, 4.69) is 0 Å². The third-order valence-electron chi connectivity index (χ3n) is 2.78. The van der Waals surface area contributed by atoms with Crippen molar-refractivity contribution in [1.82, 2.24) is 0 Å². The van der Waals surface area contributed by atoms with Crippen molar-refractivity contribution in [3.63, 3.8) is 0 Å². The zero-order valence-electron chi connectivity index (χ0n) is 10.7. The SMILES string of the molecule is COc1ccc(-c2cc(C)cc(O)c2)c(OC)c1. The quantitative estimate of drug-likeness (QED) is 0.899. The summed E-state index contributed by atoms with van der Waals surface area (Å²) in [5.41, 5.74) is 2.85. The second kappa shape index (κ2) is 5.00. The molecule has 0 aliphatic heterocycles. The van der Waals surface area contributed by atoms with Gasteiger partial charge >= 0.3 is 0 Å². The molecule has 0 saturated heterocycles. The van der Waals surface area contributed by atoms with Gasteiger partial charge in [0.1, 0.15) is 17.2 Å². The fraction of sp³-hybridized carbons (Fsp3) is 0.200. The second-order valence-electron chi connectivity index (χ2n) is 4.12. The highest BCUT2D eigenvalue weighted by atomic mass is 16.5. The molecular weight excluding hydrogens is 228 g/mol. The summed E-state index contributed by atoms with van der Waals surface area (Å²) in [6.07, 6.45) is 0. The molecule has 0 radical (unpaired) electrons. The van der Waals surface area contributed by atoms with Gasteiger partial charge in [0.05, 0.1) is 14.2 Å². The number of phenolic OH excluding ortho intramolecular Hbond substituents is 1. The molecule has 0 atom stereocenters. The number of methoxy groups -OCH3 is 2. The maximum atomic E-state index is 9.65. The van der Waals surface area contributed by atoms with Crippen molar-refractivity contribution in [2.45, 2.75) is 6.92 Å². The molecule has 2 aromatic carbocycles. The van der Waals surface area contributed by atoms with Crippen LogP contribution in [0.25, 0.3) is 11.1 Å². The first kappa shape index (κ1) is 12.3. The molecule has 0 aliphatic rings. The van der Waals surface area contributed by atoms with Gasteiger partial charge in [-0.25, -0.2) is 0 Å². The van der Waals surface area contributed by atoms with E-state index in [0.29, 0.717) is 0 Å². The number of rotatable bonds is 3. The second-order valence-corrected chi connectivity index (χ2v) is 4.12. The van der Waals surface area contributed by atoms with Gasteiger partial charge in [0.15, 0.2) is 0 Å². The van der Waals surface area contributed by atoms with Gasteiger partial charge in [-0.1, -0.05) is 6.07 Å². The minimum atomic E-state index is 0.253. The highest BCUT2D eigenvalue weighted by Gasteiger charge is 2.08. The van der Waals surface area contributed by atoms with E-state index in [4.69, 9.17) is 9.47 Å². The van der Waals surface area contributed by atoms with Crippen LogP contribution in [0.2, 0.25) is 0 Å². The van der Waals surface area contributed by atoms with Gasteiger partial charge in [0, 0.05) is 11.6 Å². The van der Waals surface area contributed by atoms with Gasteiger partial charge < -0.3 is 14.6 Å². The van der Waals surface area contributed by atoms with Crippen LogP contribution >= 0.6 is 0 Å². The summed E-state index contributed by atoms with van der Waals surface area (Å²) in [5.74, 6) is 1.72. The summed E-state index contributed by atoms with van der Waals surface area (Å²) in [6, 6.07) is 11.1. The Bertz CT molecular complexity index is 541. The van der Waals surface area contributed by atoms with E-state index >= 15 is 0 Å². The highest BCUT2D eigenvalue weighted by molar-refractivity contribution is 5.73. The summed E-state index contributed by atoms with van der Waals surface area (Å²) >= 11 is 0. The molecule has 0 aromatic heterocycles. The molecule has 0 aliphatic carbocycles. The topological polar surface area (TPSA) is 38.7 Å². The third kappa shape index (κ3) is 2.40. The summed E-state index contributed by atoms with van der Waals surface area (Å²) in [6.45, 7) is 1.94. The maximum absolute atomic E-state index is 9.65. The molecule has 0 unspecified atom stereocenters. The highest BCUT2D eigenvalue weighted by Crippen LogP contribution is 2.35. The summed E-state index contributed by atoms with van der Waals surface area (Å²) in [7, 11) is 3.24. The fourth-order valence-corrected chi connectivity index (χ4v) is 1.96. The fourth-order valence-electron chi connectivity index (χ4n) is 1.96. The molecule has 0 saturated carbocycles. The Kier molecular flexibility index (Phi) is 3.42. The van der Waals surface area contributed by atoms with Gasteiger partial charge in [-0.15, -0.1) is 0 Å². The normalized spacial score (nSPS) is 10.2. The lowest BCUT2D eigenvalue weighted by atomic mass is 10.0. The predicted octanol–water partition coefficient (Wildman–Crippen LogP) is 3.38. The summed E-state index contributed by atoms with van der Waals surface area (Å²) < 4.78 is 10.5. The van der Waals surface area contributed by atoms with Gasteiger partial charge in [0.25, 0.3) is 0 Å². The van der Waals surface area contributed by atoms with Crippen LogP contribution in [-0.4, -0.2) is 19.3 Å². The number of ether oxygens (including phenoxy) is 2. The van der Waals surface area contributed by atoms with Crippen molar-refractivity contribution >= 4 is 0 Å². The molecule has 2 rings (SSSR count). The minimum Gasteiger partial charge on any atom is -0.508 e. The van der Waals surface area contributed by atoms with Crippen LogP contribution < -0.4 is 9.47 Å². The lowest BCUT2D eigenvalue weighted by Crippen LogP contribution is -1.90. The first-order chi connectivity index (χ1) is 8.63. The van der Waals surface area contributed by atoms with Gasteiger partial charge in [0.2, 0.25) is 0 Å². The smallest absolute Gasteiger partial charge is 0.130 e. The van der Waals surface area contributed by atoms with Crippen molar-refractivity contribution in [3.8, 4) is 28.4 Å². The van der Waals surface area contributed by atoms with E-state index in [1.807, 2.05) is 31.2 Å². The molecule has 0 amide bonds. The third-order valence-corrected chi connectivity index (χ3v) is 2.78. The van der Waals surface area contributed by atoms with E-state index in [1.165, 1.54) is 0 Å². The summed E-state index contributed by atoms with van der Waals surface area (Å²) in [4.78, 5) is 0. The standard InChI is InChI=1S/C15H16O3/c1-10-6-11(8-12(16)7-10)14-5-4-13(17-2)9-15(14)18-3/h4-9,16H,1-3H3. The van der Waals surface area contributed by atoms with Crippen LogP contribution in [0.15, 0.2) is 36.4 Å². The van der Waals surface area contributed by atoms with Crippen LogP contribution in [0, 0.1) is 6.92 Å². The molecule has 3 heteroatoms. The number of hydrogen-bond acceptors (Lipinski definition) is 3. The first-order valence-corrected chi connectivity index (χ1v) is 5.67. The Morgan fingerprint density at radius 3 is 2.33 bits per heavy atom. The molecule has 0 heterocycles. The van der Waals surface area contributed by atoms with Crippen molar-refractivity contribution < 1.29 is 14.6 Å². The number of aromatic hydroxyl groups is 1. The molecule has 0 fully saturated rings. The Labute approximate surface area is 107 Å². The van der Waals surface area contributed by atoms with E-state index in [-0.39, 0.29) is 5.75 Å². The zero-order chi connectivity index (χ0) is 13.1. The van der Waals surface area contributed by atoms with Gasteiger partial charge in [-0.2, -0.15) is 0 Å².